The fraction of sp³-hybridized carbons (Fsp3) is 0.385. The molecule has 0 aromatic heterocycles. The number of aromatic hydroxyl groups is 1. The molecule has 1 aliphatic rings. The summed E-state index contributed by atoms with van der Waals surface area (Å²) in [4.78, 5) is 25.4. The number of aliphatic carboxylic acids is 1. The first-order chi connectivity index (χ1) is 18.0. The summed E-state index contributed by atoms with van der Waals surface area (Å²) in [6, 6.07) is 11.7. The van der Waals surface area contributed by atoms with Crippen molar-refractivity contribution in [3.05, 3.63) is 59.2 Å². The first-order valence-electron chi connectivity index (χ1n) is 12.2. The largest absolute Gasteiger partial charge is 0.506 e. The lowest BCUT2D eigenvalue weighted by Crippen LogP contribution is -2.43. The van der Waals surface area contributed by atoms with Crippen LogP contribution < -0.4 is 14.9 Å². The molecule has 0 saturated carbocycles. The average Bonchev–Trinajstić information content (AvgIpc) is 2.87. The number of aliphatic hydroxyl groups excluding tert-OH is 1. The molecule has 1 aliphatic heterocycles. The highest BCUT2D eigenvalue weighted by atomic mass is 32.2. The zero-order valence-corrected chi connectivity index (χ0v) is 22.1. The van der Waals surface area contributed by atoms with E-state index in [2.05, 4.69) is 14.9 Å². The number of carbonyl (C=O) groups excluding carboxylic acids is 1. The van der Waals surface area contributed by atoms with Gasteiger partial charge in [-0.25, -0.2) is 18.0 Å². The van der Waals surface area contributed by atoms with Crippen LogP contribution in [-0.4, -0.2) is 74.2 Å². The Kier molecular flexibility index (Phi) is 9.72. The van der Waals surface area contributed by atoms with E-state index in [9.17, 15) is 33.3 Å². The molecular weight excluding hydrogens is 514 g/mol. The number of carboxylic acids is 1. The summed E-state index contributed by atoms with van der Waals surface area (Å²) < 4.78 is 30.0. The molecule has 3 rings (SSSR count). The Bertz CT molecular complexity index is 1270. The smallest absolute Gasteiger partial charge is 0.345 e. The summed E-state index contributed by atoms with van der Waals surface area (Å²) in [6.45, 7) is 3.51. The zero-order valence-electron chi connectivity index (χ0n) is 21.3. The van der Waals surface area contributed by atoms with Crippen LogP contribution in [0.1, 0.15) is 37.0 Å². The van der Waals surface area contributed by atoms with E-state index in [1.807, 2.05) is 12.1 Å². The van der Waals surface area contributed by atoms with Crippen molar-refractivity contribution in [3.8, 4) is 5.75 Å². The highest BCUT2D eigenvalue weighted by Crippen LogP contribution is 2.28. The molecular formula is C26H33N3O8S. The predicted octanol–water partition coefficient (Wildman–Crippen LogP) is 2.09. The summed E-state index contributed by atoms with van der Waals surface area (Å²) in [7, 11) is -3.57. The monoisotopic (exact) mass is 547 g/mol. The van der Waals surface area contributed by atoms with Gasteiger partial charge in [0.25, 0.3) is 0 Å². The Morgan fingerprint density at radius 2 is 1.82 bits per heavy atom. The molecule has 0 spiro atoms. The molecule has 0 radical (unpaired) electrons. The number of esters is 1. The lowest BCUT2D eigenvalue weighted by Gasteiger charge is -2.34. The molecule has 206 valence electrons. The molecule has 1 heterocycles. The number of phenols is 1. The van der Waals surface area contributed by atoms with Gasteiger partial charge in [0, 0.05) is 31.4 Å². The maximum absolute atomic E-state index is 11.9. The van der Waals surface area contributed by atoms with Crippen molar-refractivity contribution >= 4 is 39.4 Å². The second-order valence-corrected chi connectivity index (χ2v) is 10.8. The van der Waals surface area contributed by atoms with E-state index in [1.54, 1.807) is 25.1 Å². The number of benzene rings is 2. The molecule has 0 aliphatic carbocycles. The fourth-order valence-corrected chi connectivity index (χ4v) is 4.71. The molecule has 2 aromatic carbocycles. The van der Waals surface area contributed by atoms with E-state index in [0.29, 0.717) is 11.1 Å². The number of sulfonamides is 1. The van der Waals surface area contributed by atoms with E-state index in [0.717, 1.165) is 37.9 Å². The number of nitrogens with zero attached hydrogens (tertiary/aromatic N) is 1. The number of carboxylic acid groups (broad SMARTS) is 1. The van der Waals surface area contributed by atoms with Crippen molar-refractivity contribution in [1.82, 2.24) is 5.32 Å². The van der Waals surface area contributed by atoms with Gasteiger partial charge in [0.2, 0.25) is 10.0 Å². The van der Waals surface area contributed by atoms with Crippen LogP contribution in [0.4, 0.5) is 11.4 Å². The molecule has 5 N–H and O–H groups in total. The molecule has 11 nitrogen and oxygen atoms in total. The van der Waals surface area contributed by atoms with Crippen molar-refractivity contribution < 1.29 is 38.1 Å². The summed E-state index contributed by atoms with van der Waals surface area (Å²) in [5.74, 6) is -2.44. The summed E-state index contributed by atoms with van der Waals surface area (Å²) in [6.07, 6.45) is 3.05. The molecule has 38 heavy (non-hydrogen) atoms. The van der Waals surface area contributed by atoms with Crippen molar-refractivity contribution in [1.29, 1.82) is 0 Å². The standard InChI is InChI=1S/C26H33N3O8S/c1-3-37-26(34)21(25(32)33)14-17-4-7-20(8-5-17)29-12-10-19(11-13-29)27-16-24(31)18-6-9-23(30)22(15-18)28-38(2,35)36/h4-9,14-15,19,24,27-28,30-31H,3,10-13,16H2,1-2H3,(H,32,33)/b21-14-/t24-/m0/s1. The van der Waals surface area contributed by atoms with Crippen LogP contribution in [0.5, 0.6) is 5.75 Å². The van der Waals surface area contributed by atoms with Gasteiger partial charge in [0.1, 0.15) is 11.3 Å². The number of nitrogens with one attached hydrogen (secondary N) is 2. The molecule has 0 amide bonds. The van der Waals surface area contributed by atoms with E-state index in [1.165, 1.54) is 18.2 Å². The summed E-state index contributed by atoms with van der Waals surface area (Å²) in [5.41, 5.74) is 1.61. The SMILES string of the molecule is CCOC(=O)/C(=C\c1ccc(N2CCC(NC[C@H](O)c3ccc(O)c(NS(C)(=O)=O)c3)CC2)cc1)C(=O)O. The van der Waals surface area contributed by atoms with Crippen molar-refractivity contribution in [2.45, 2.75) is 31.9 Å². The Hall–Kier alpha value is -3.61. The minimum absolute atomic E-state index is 0.0129. The summed E-state index contributed by atoms with van der Waals surface area (Å²) in [5, 5.41) is 33.1. The quantitative estimate of drug-likeness (QED) is 0.0924. The number of hydrogen-bond donors (Lipinski definition) is 5. The van der Waals surface area contributed by atoms with Crippen LogP contribution in [0.25, 0.3) is 6.08 Å². The maximum atomic E-state index is 11.9. The number of phenolic OH excluding ortho intramolecular Hbond substituents is 1. The number of piperidine rings is 1. The molecule has 0 bridgehead atoms. The lowest BCUT2D eigenvalue weighted by atomic mass is 10.0. The van der Waals surface area contributed by atoms with Crippen LogP contribution in [0.2, 0.25) is 0 Å². The lowest BCUT2D eigenvalue weighted by molar-refractivity contribution is -0.143. The van der Waals surface area contributed by atoms with Gasteiger partial charge in [-0.1, -0.05) is 18.2 Å². The Labute approximate surface area is 221 Å². The third-order valence-electron chi connectivity index (χ3n) is 6.09. The van der Waals surface area contributed by atoms with Gasteiger partial charge in [-0.15, -0.1) is 0 Å². The van der Waals surface area contributed by atoms with Crippen molar-refractivity contribution in [3.63, 3.8) is 0 Å². The third kappa shape index (κ3) is 8.20. The van der Waals surface area contributed by atoms with Crippen molar-refractivity contribution in [2.24, 2.45) is 0 Å². The van der Waals surface area contributed by atoms with E-state index < -0.39 is 33.6 Å². The average molecular weight is 548 g/mol. The number of carbonyl (C=O) groups is 2. The zero-order chi connectivity index (χ0) is 27.9. The summed E-state index contributed by atoms with van der Waals surface area (Å²) >= 11 is 0. The third-order valence-corrected chi connectivity index (χ3v) is 6.68. The van der Waals surface area contributed by atoms with E-state index in [4.69, 9.17) is 4.74 Å². The van der Waals surface area contributed by atoms with Crippen molar-refractivity contribution in [2.75, 3.05) is 42.1 Å². The van der Waals surface area contributed by atoms with E-state index in [-0.39, 0.29) is 30.6 Å². The Morgan fingerprint density at radius 3 is 2.39 bits per heavy atom. The molecule has 1 fully saturated rings. The minimum Gasteiger partial charge on any atom is -0.506 e. The Balaban J connectivity index is 1.53. The number of rotatable bonds is 11. The van der Waals surface area contributed by atoms with Gasteiger partial charge in [-0.2, -0.15) is 0 Å². The van der Waals surface area contributed by atoms with Gasteiger partial charge in [0.05, 0.1) is 24.7 Å². The van der Waals surface area contributed by atoms with Crippen LogP contribution in [0.3, 0.4) is 0 Å². The van der Waals surface area contributed by atoms with Gasteiger partial charge in [-0.05, 0) is 61.2 Å². The highest BCUT2D eigenvalue weighted by Gasteiger charge is 2.22. The Morgan fingerprint density at radius 1 is 1.16 bits per heavy atom. The number of anilines is 2. The highest BCUT2D eigenvalue weighted by molar-refractivity contribution is 7.92. The first-order valence-corrected chi connectivity index (χ1v) is 14.0. The first kappa shape index (κ1) is 29.0. The predicted molar refractivity (Wildman–Crippen MR) is 143 cm³/mol. The second-order valence-electron chi connectivity index (χ2n) is 9.01. The molecule has 12 heteroatoms. The van der Waals surface area contributed by atoms with Gasteiger partial charge in [0.15, 0.2) is 0 Å². The van der Waals surface area contributed by atoms with Gasteiger partial charge < -0.3 is 30.3 Å². The van der Waals surface area contributed by atoms with Crippen LogP contribution >= 0.6 is 0 Å². The fourth-order valence-electron chi connectivity index (χ4n) is 4.15. The van der Waals surface area contributed by atoms with Crippen LogP contribution in [0, 0.1) is 0 Å². The van der Waals surface area contributed by atoms with E-state index >= 15 is 0 Å². The molecule has 0 unspecified atom stereocenters. The van der Waals surface area contributed by atoms with Gasteiger partial charge >= 0.3 is 11.9 Å². The topological polar surface area (TPSA) is 165 Å². The van der Waals surface area contributed by atoms with Crippen LogP contribution in [0.15, 0.2) is 48.0 Å². The number of ether oxygens (including phenoxy) is 1. The van der Waals surface area contributed by atoms with Crippen LogP contribution in [-0.2, 0) is 24.3 Å². The van der Waals surface area contributed by atoms with Gasteiger partial charge in [-0.3, -0.25) is 4.72 Å². The maximum Gasteiger partial charge on any atom is 0.345 e. The molecule has 2 aromatic rings. The molecule has 1 saturated heterocycles. The second kappa shape index (κ2) is 12.8. The normalized spacial score (nSPS) is 15.7. The number of aliphatic hydroxyl groups is 1. The minimum atomic E-state index is -3.57. The molecule has 1 atom stereocenters. The number of hydrogen-bond acceptors (Lipinski definition) is 9.